The Labute approximate surface area is 118 Å². The van der Waals surface area contributed by atoms with Gasteiger partial charge in [0, 0.05) is 6.04 Å². The van der Waals surface area contributed by atoms with E-state index < -0.39 is 0 Å². The van der Waals surface area contributed by atoms with E-state index in [1.165, 1.54) is 24.2 Å². The summed E-state index contributed by atoms with van der Waals surface area (Å²) in [6.07, 6.45) is 3.44. The van der Waals surface area contributed by atoms with Crippen LogP contribution in [0.5, 0.6) is 0 Å². The second-order valence-electron chi connectivity index (χ2n) is 5.58. The highest BCUT2D eigenvalue weighted by Crippen LogP contribution is 2.37. The Kier molecular flexibility index (Phi) is 4.28. The molecule has 19 heavy (non-hydrogen) atoms. The van der Waals surface area contributed by atoms with Gasteiger partial charge in [-0.1, -0.05) is 32.1 Å². The third kappa shape index (κ3) is 3.37. The van der Waals surface area contributed by atoms with Crippen LogP contribution in [0, 0.1) is 17.3 Å². The van der Waals surface area contributed by atoms with Crippen molar-refractivity contribution in [3.63, 3.8) is 0 Å². The van der Waals surface area contributed by atoms with Gasteiger partial charge in [-0.05, 0) is 30.4 Å². The van der Waals surface area contributed by atoms with Crippen molar-refractivity contribution in [1.82, 2.24) is 5.32 Å². The highest BCUT2D eigenvalue weighted by Gasteiger charge is 2.35. The normalized spacial score (nSPS) is 20.7. The van der Waals surface area contributed by atoms with Crippen LogP contribution >= 0.6 is 11.3 Å². The molecule has 2 rings (SSSR count). The van der Waals surface area contributed by atoms with Crippen molar-refractivity contribution in [1.29, 1.82) is 0 Å². The van der Waals surface area contributed by atoms with Crippen molar-refractivity contribution in [2.45, 2.75) is 39.2 Å². The largest absolute Gasteiger partial charge is 0.348 e. The molecule has 0 aliphatic heterocycles. The van der Waals surface area contributed by atoms with Gasteiger partial charge in [0.2, 0.25) is 0 Å². The zero-order valence-electron chi connectivity index (χ0n) is 11.5. The molecular weight excluding hydrogens is 256 g/mol. The third-order valence-electron chi connectivity index (χ3n) is 3.71. The second-order valence-corrected chi connectivity index (χ2v) is 6.66. The number of rotatable bonds is 2. The van der Waals surface area contributed by atoms with Crippen molar-refractivity contribution >= 4 is 17.2 Å². The van der Waals surface area contributed by atoms with E-state index in [0.717, 1.165) is 16.2 Å². The summed E-state index contributed by atoms with van der Waals surface area (Å²) in [5.74, 6) is 5.77. The van der Waals surface area contributed by atoms with Crippen LogP contribution in [0.25, 0.3) is 0 Å². The van der Waals surface area contributed by atoms with Crippen LogP contribution in [0.2, 0.25) is 0 Å². The molecule has 1 fully saturated rings. The van der Waals surface area contributed by atoms with Gasteiger partial charge in [-0.2, -0.15) is 0 Å². The van der Waals surface area contributed by atoms with Gasteiger partial charge in [0.05, 0.1) is 16.3 Å². The van der Waals surface area contributed by atoms with E-state index >= 15 is 0 Å². The first-order valence-corrected chi connectivity index (χ1v) is 7.44. The first kappa shape index (κ1) is 14.1. The van der Waals surface area contributed by atoms with Crippen molar-refractivity contribution in [2.75, 3.05) is 6.54 Å². The summed E-state index contributed by atoms with van der Waals surface area (Å²) in [4.78, 5) is 13.8. The fraction of sp³-hybridized carbons (Fsp3) is 0.533. The van der Waals surface area contributed by atoms with Crippen LogP contribution in [-0.4, -0.2) is 18.5 Å². The van der Waals surface area contributed by atoms with Crippen LogP contribution in [-0.2, 0) is 0 Å². The maximum absolute atomic E-state index is 12.2. The Morgan fingerprint density at radius 3 is 3.00 bits per heavy atom. The lowest BCUT2D eigenvalue weighted by molar-refractivity contribution is 0.0914. The van der Waals surface area contributed by atoms with E-state index in [-0.39, 0.29) is 17.4 Å². The molecule has 1 aromatic heterocycles. The molecule has 1 saturated carbocycles. The zero-order chi connectivity index (χ0) is 13.9. The summed E-state index contributed by atoms with van der Waals surface area (Å²) in [5.41, 5.74) is 5.54. The smallest absolute Gasteiger partial charge is 0.261 e. The predicted octanol–water partition coefficient (Wildman–Crippen LogP) is 2.37. The summed E-state index contributed by atoms with van der Waals surface area (Å²) in [6, 6.07) is 3.99. The highest BCUT2D eigenvalue weighted by molar-refractivity contribution is 7.14. The number of thiophene rings is 1. The number of hydrogen-bond acceptors (Lipinski definition) is 3. The lowest BCUT2D eigenvalue weighted by atomic mass is 9.87. The molecule has 1 heterocycles. The maximum atomic E-state index is 12.2. The molecule has 3 nitrogen and oxygen atoms in total. The maximum Gasteiger partial charge on any atom is 0.261 e. The van der Waals surface area contributed by atoms with E-state index in [1.807, 2.05) is 12.1 Å². The van der Waals surface area contributed by atoms with Gasteiger partial charge in [-0.15, -0.1) is 11.3 Å². The standard InChI is InChI=1S/C15H20N2OS/c1-15(2)9-3-6-13(15)17-14(18)12-8-7-11(19-12)5-4-10-16/h7-8,13H,3,6,9-10,16H2,1-2H3,(H,17,18). The average Bonchev–Trinajstić information content (AvgIpc) is 2.94. The van der Waals surface area contributed by atoms with E-state index in [4.69, 9.17) is 5.73 Å². The molecule has 0 spiro atoms. The lowest BCUT2D eigenvalue weighted by Gasteiger charge is -2.27. The van der Waals surface area contributed by atoms with Crippen molar-refractivity contribution in [3.05, 3.63) is 21.9 Å². The average molecular weight is 276 g/mol. The Bertz CT molecular complexity index is 522. The van der Waals surface area contributed by atoms with Crippen LogP contribution in [0.15, 0.2) is 12.1 Å². The number of hydrogen-bond donors (Lipinski definition) is 2. The number of carbonyl (C=O) groups excluding carboxylic acids is 1. The Hall–Kier alpha value is -1.31. The Morgan fingerprint density at radius 1 is 1.58 bits per heavy atom. The van der Waals surface area contributed by atoms with Crippen molar-refractivity contribution < 1.29 is 4.79 Å². The number of nitrogens with two attached hydrogens (primary N) is 1. The van der Waals surface area contributed by atoms with Gasteiger partial charge in [0.1, 0.15) is 0 Å². The molecule has 0 bridgehead atoms. The van der Waals surface area contributed by atoms with Gasteiger partial charge < -0.3 is 11.1 Å². The Morgan fingerprint density at radius 2 is 2.37 bits per heavy atom. The van der Waals surface area contributed by atoms with Crippen LogP contribution < -0.4 is 11.1 Å². The molecule has 102 valence electrons. The molecule has 1 aromatic rings. The van der Waals surface area contributed by atoms with Gasteiger partial charge in [-0.3, -0.25) is 4.79 Å². The monoisotopic (exact) mass is 276 g/mol. The first-order chi connectivity index (χ1) is 9.03. The number of nitrogens with one attached hydrogen (secondary N) is 1. The minimum absolute atomic E-state index is 0.0192. The van der Waals surface area contributed by atoms with Gasteiger partial charge >= 0.3 is 0 Å². The number of amides is 1. The molecule has 4 heteroatoms. The molecular formula is C15H20N2OS. The first-order valence-electron chi connectivity index (χ1n) is 6.62. The van der Waals surface area contributed by atoms with E-state index in [2.05, 4.69) is 31.0 Å². The van der Waals surface area contributed by atoms with Gasteiger partial charge in [0.15, 0.2) is 0 Å². The predicted molar refractivity (Wildman–Crippen MR) is 79.1 cm³/mol. The summed E-state index contributed by atoms with van der Waals surface area (Å²) >= 11 is 1.42. The topological polar surface area (TPSA) is 55.1 Å². The second kappa shape index (κ2) is 5.77. The third-order valence-corrected chi connectivity index (χ3v) is 4.71. The summed E-state index contributed by atoms with van der Waals surface area (Å²) in [7, 11) is 0. The van der Waals surface area contributed by atoms with Crippen LogP contribution in [0.4, 0.5) is 0 Å². The molecule has 1 aliphatic rings. The van der Waals surface area contributed by atoms with Gasteiger partial charge in [0.25, 0.3) is 5.91 Å². The van der Waals surface area contributed by atoms with Crippen LogP contribution in [0.1, 0.15) is 47.7 Å². The summed E-state index contributed by atoms with van der Waals surface area (Å²) in [5, 5.41) is 3.15. The molecule has 1 unspecified atom stereocenters. The lowest BCUT2D eigenvalue weighted by Crippen LogP contribution is -2.41. The Balaban J connectivity index is 2.02. The fourth-order valence-electron chi connectivity index (χ4n) is 2.49. The van der Waals surface area contributed by atoms with Crippen molar-refractivity contribution in [3.8, 4) is 11.8 Å². The quantitative estimate of drug-likeness (QED) is 0.815. The SMILES string of the molecule is CC1(C)CCCC1NC(=O)c1ccc(C#CCN)s1. The van der Waals surface area contributed by atoms with Gasteiger partial charge in [-0.25, -0.2) is 0 Å². The summed E-state index contributed by atoms with van der Waals surface area (Å²) in [6.45, 7) is 4.78. The van der Waals surface area contributed by atoms with Crippen LogP contribution in [0.3, 0.4) is 0 Å². The van der Waals surface area contributed by atoms with E-state index in [1.54, 1.807) is 0 Å². The molecule has 0 saturated heterocycles. The molecule has 1 amide bonds. The van der Waals surface area contributed by atoms with E-state index in [0.29, 0.717) is 6.54 Å². The number of carbonyl (C=O) groups is 1. The minimum Gasteiger partial charge on any atom is -0.348 e. The molecule has 1 aliphatic carbocycles. The minimum atomic E-state index is 0.0192. The summed E-state index contributed by atoms with van der Waals surface area (Å²) < 4.78 is 0. The highest BCUT2D eigenvalue weighted by atomic mass is 32.1. The van der Waals surface area contributed by atoms with Crippen molar-refractivity contribution in [2.24, 2.45) is 11.1 Å². The van der Waals surface area contributed by atoms with E-state index in [9.17, 15) is 4.79 Å². The molecule has 0 radical (unpaired) electrons. The fourth-order valence-corrected chi connectivity index (χ4v) is 3.27. The molecule has 1 atom stereocenters. The molecule has 0 aromatic carbocycles. The zero-order valence-corrected chi connectivity index (χ0v) is 12.3. The molecule has 3 N–H and O–H groups in total.